The Kier molecular flexibility index (Phi) is 3.54. The highest BCUT2D eigenvalue weighted by atomic mass is 16.2. The Balaban J connectivity index is 1.75. The summed E-state index contributed by atoms with van der Waals surface area (Å²) < 4.78 is 0. The number of carbonyl (C=O) groups excluding carboxylic acids is 1. The molecule has 1 aromatic heterocycles. The Morgan fingerprint density at radius 3 is 2.55 bits per heavy atom. The molecule has 0 saturated heterocycles. The van der Waals surface area contributed by atoms with E-state index in [0.29, 0.717) is 18.2 Å². The van der Waals surface area contributed by atoms with Crippen LogP contribution < -0.4 is 0 Å². The Hall–Kier alpha value is -2.10. The first kappa shape index (κ1) is 12.9. The third-order valence-corrected chi connectivity index (χ3v) is 3.78. The average Bonchev–Trinajstić information content (AvgIpc) is 3.18. The highest BCUT2D eigenvalue weighted by molar-refractivity contribution is 5.94. The van der Waals surface area contributed by atoms with Crippen LogP contribution in [0.3, 0.4) is 0 Å². The zero-order chi connectivity index (χ0) is 13.9. The summed E-state index contributed by atoms with van der Waals surface area (Å²) in [5.74, 6) is 0.0702. The first-order chi connectivity index (χ1) is 9.78. The maximum Gasteiger partial charge on any atom is 0.257 e. The standard InChI is InChI=1S/C16H19N3O/c1-2-12-3-5-13(6-4-12)11-19(15-7-8-15)16(20)14-9-17-18-10-14/h3-6,9-10,15H,2,7-8,11H2,1H3,(H,17,18). The summed E-state index contributed by atoms with van der Waals surface area (Å²) in [7, 11) is 0. The Bertz CT molecular complexity index is 570. The van der Waals surface area contributed by atoms with Gasteiger partial charge in [-0.2, -0.15) is 5.10 Å². The van der Waals surface area contributed by atoms with Crippen molar-refractivity contribution in [1.29, 1.82) is 0 Å². The SMILES string of the molecule is CCc1ccc(CN(C(=O)c2cn[nH]c2)C2CC2)cc1. The van der Waals surface area contributed by atoms with Crippen molar-refractivity contribution in [3.63, 3.8) is 0 Å². The van der Waals surface area contributed by atoms with E-state index in [4.69, 9.17) is 0 Å². The number of aromatic nitrogens is 2. The van der Waals surface area contributed by atoms with Gasteiger partial charge in [0.1, 0.15) is 0 Å². The molecule has 0 aliphatic heterocycles. The van der Waals surface area contributed by atoms with E-state index in [-0.39, 0.29) is 5.91 Å². The molecule has 1 fully saturated rings. The van der Waals surface area contributed by atoms with E-state index in [1.807, 2.05) is 4.90 Å². The van der Waals surface area contributed by atoms with Gasteiger partial charge in [-0.1, -0.05) is 31.2 Å². The van der Waals surface area contributed by atoms with Crippen molar-refractivity contribution in [2.24, 2.45) is 0 Å². The lowest BCUT2D eigenvalue weighted by atomic mass is 10.1. The van der Waals surface area contributed by atoms with Crippen LogP contribution in [0, 0.1) is 0 Å². The second kappa shape index (κ2) is 5.49. The molecule has 1 aliphatic carbocycles. The Morgan fingerprint density at radius 1 is 1.30 bits per heavy atom. The number of rotatable bonds is 5. The van der Waals surface area contributed by atoms with Gasteiger partial charge in [0.15, 0.2) is 0 Å². The highest BCUT2D eigenvalue weighted by Gasteiger charge is 2.33. The molecule has 0 radical (unpaired) electrons. The molecule has 2 aromatic rings. The van der Waals surface area contributed by atoms with Crippen LogP contribution >= 0.6 is 0 Å². The molecule has 1 N–H and O–H groups in total. The molecule has 4 nitrogen and oxygen atoms in total. The molecule has 4 heteroatoms. The molecule has 0 atom stereocenters. The van der Waals surface area contributed by atoms with Gasteiger partial charge in [-0.15, -0.1) is 0 Å². The summed E-state index contributed by atoms with van der Waals surface area (Å²) >= 11 is 0. The van der Waals surface area contributed by atoms with Crippen LogP contribution in [0.5, 0.6) is 0 Å². The summed E-state index contributed by atoms with van der Waals surface area (Å²) in [6.45, 7) is 2.83. The monoisotopic (exact) mass is 269 g/mol. The van der Waals surface area contributed by atoms with Crippen molar-refractivity contribution in [2.75, 3.05) is 0 Å². The smallest absolute Gasteiger partial charge is 0.257 e. The molecular formula is C16H19N3O. The number of amides is 1. The van der Waals surface area contributed by atoms with Crippen LogP contribution in [-0.2, 0) is 13.0 Å². The number of carbonyl (C=O) groups is 1. The normalized spacial score (nSPS) is 14.2. The Labute approximate surface area is 118 Å². The van der Waals surface area contributed by atoms with E-state index >= 15 is 0 Å². The van der Waals surface area contributed by atoms with Gasteiger partial charge in [-0.25, -0.2) is 0 Å². The van der Waals surface area contributed by atoms with Crippen molar-refractivity contribution in [2.45, 2.75) is 38.8 Å². The van der Waals surface area contributed by atoms with E-state index in [1.165, 1.54) is 11.1 Å². The summed E-state index contributed by atoms with van der Waals surface area (Å²) in [5.41, 5.74) is 3.15. The molecule has 1 aliphatic rings. The number of hydrogen-bond acceptors (Lipinski definition) is 2. The lowest BCUT2D eigenvalue weighted by Gasteiger charge is -2.22. The van der Waals surface area contributed by atoms with Gasteiger partial charge >= 0.3 is 0 Å². The lowest BCUT2D eigenvalue weighted by molar-refractivity contribution is 0.0730. The minimum atomic E-state index is 0.0702. The summed E-state index contributed by atoms with van der Waals surface area (Å²) in [4.78, 5) is 14.4. The van der Waals surface area contributed by atoms with Crippen LogP contribution in [0.25, 0.3) is 0 Å². The zero-order valence-corrected chi connectivity index (χ0v) is 11.7. The molecule has 104 valence electrons. The third kappa shape index (κ3) is 2.74. The van der Waals surface area contributed by atoms with Crippen molar-refractivity contribution < 1.29 is 4.79 Å². The fraction of sp³-hybridized carbons (Fsp3) is 0.375. The maximum absolute atomic E-state index is 12.5. The first-order valence-corrected chi connectivity index (χ1v) is 7.15. The van der Waals surface area contributed by atoms with Crippen molar-refractivity contribution in [1.82, 2.24) is 15.1 Å². The molecule has 1 heterocycles. The summed E-state index contributed by atoms with van der Waals surface area (Å²) in [6.07, 6.45) is 6.52. The van der Waals surface area contributed by atoms with Crippen LogP contribution in [-0.4, -0.2) is 27.0 Å². The molecule has 1 amide bonds. The molecule has 1 aromatic carbocycles. The predicted octanol–water partition coefficient (Wildman–Crippen LogP) is 2.78. The highest BCUT2D eigenvalue weighted by Crippen LogP contribution is 2.29. The third-order valence-electron chi connectivity index (χ3n) is 3.78. The van der Waals surface area contributed by atoms with E-state index in [1.54, 1.807) is 12.4 Å². The first-order valence-electron chi connectivity index (χ1n) is 7.15. The van der Waals surface area contributed by atoms with Gasteiger partial charge in [0.25, 0.3) is 5.91 Å². The molecule has 0 bridgehead atoms. The number of nitrogens with one attached hydrogen (secondary N) is 1. The van der Waals surface area contributed by atoms with Gasteiger partial charge in [0.2, 0.25) is 0 Å². The fourth-order valence-electron chi connectivity index (χ4n) is 2.36. The molecule has 0 unspecified atom stereocenters. The van der Waals surface area contributed by atoms with Crippen molar-refractivity contribution in [3.05, 3.63) is 53.3 Å². The number of aromatic amines is 1. The fourth-order valence-corrected chi connectivity index (χ4v) is 2.36. The summed E-state index contributed by atoms with van der Waals surface area (Å²) in [6, 6.07) is 8.92. The van der Waals surface area contributed by atoms with Crippen LogP contribution in [0.4, 0.5) is 0 Å². The lowest BCUT2D eigenvalue weighted by Crippen LogP contribution is -2.32. The van der Waals surface area contributed by atoms with E-state index in [0.717, 1.165) is 19.3 Å². The number of hydrogen-bond donors (Lipinski definition) is 1. The second-order valence-electron chi connectivity index (χ2n) is 5.32. The predicted molar refractivity (Wildman–Crippen MR) is 77.3 cm³/mol. The van der Waals surface area contributed by atoms with Crippen molar-refractivity contribution in [3.8, 4) is 0 Å². The van der Waals surface area contributed by atoms with Crippen LogP contribution in [0.2, 0.25) is 0 Å². The van der Waals surface area contributed by atoms with Gasteiger partial charge in [0.05, 0.1) is 11.8 Å². The zero-order valence-electron chi connectivity index (χ0n) is 11.7. The maximum atomic E-state index is 12.5. The number of H-pyrrole nitrogens is 1. The van der Waals surface area contributed by atoms with E-state index < -0.39 is 0 Å². The number of aryl methyl sites for hydroxylation is 1. The van der Waals surface area contributed by atoms with Gasteiger partial charge in [0, 0.05) is 18.8 Å². The van der Waals surface area contributed by atoms with Gasteiger partial charge < -0.3 is 4.90 Å². The van der Waals surface area contributed by atoms with Gasteiger partial charge in [-0.3, -0.25) is 9.89 Å². The second-order valence-corrected chi connectivity index (χ2v) is 5.32. The quantitative estimate of drug-likeness (QED) is 0.907. The number of benzene rings is 1. The van der Waals surface area contributed by atoms with E-state index in [2.05, 4.69) is 41.4 Å². The molecule has 3 rings (SSSR count). The largest absolute Gasteiger partial charge is 0.331 e. The molecule has 20 heavy (non-hydrogen) atoms. The van der Waals surface area contributed by atoms with Crippen LogP contribution in [0.15, 0.2) is 36.7 Å². The van der Waals surface area contributed by atoms with Gasteiger partial charge in [-0.05, 0) is 30.4 Å². The Morgan fingerprint density at radius 2 is 2.00 bits per heavy atom. The minimum absolute atomic E-state index is 0.0702. The van der Waals surface area contributed by atoms with Crippen molar-refractivity contribution >= 4 is 5.91 Å². The molecular weight excluding hydrogens is 250 g/mol. The average molecular weight is 269 g/mol. The van der Waals surface area contributed by atoms with E-state index in [9.17, 15) is 4.79 Å². The van der Waals surface area contributed by atoms with Crippen LogP contribution in [0.1, 0.15) is 41.3 Å². The molecule has 1 saturated carbocycles. The summed E-state index contributed by atoms with van der Waals surface area (Å²) in [5, 5.41) is 6.57. The number of nitrogens with zero attached hydrogens (tertiary/aromatic N) is 2. The minimum Gasteiger partial charge on any atom is -0.331 e. The molecule has 0 spiro atoms. The topological polar surface area (TPSA) is 49.0 Å².